The highest BCUT2D eigenvalue weighted by molar-refractivity contribution is 5.37. The lowest BCUT2D eigenvalue weighted by Gasteiger charge is -1.91. The van der Waals surface area contributed by atoms with Gasteiger partial charge in [-0.2, -0.15) is 4.39 Å². The van der Waals surface area contributed by atoms with Crippen LogP contribution in [0.5, 0.6) is 0 Å². The van der Waals surface area contributed by atoms with E-state index >= 15 is 0 Å². The molecule has 0 aliphatic carbocycles. The summed E-state index contributed by atoms with van der Waals surface area (Å²) >= 11 is 0. The molecule has 10 heavy (non-hydrogen) atoms. The van der Waals surface area contributed by atoms with Crippen molar-refractivity contribution in [2.75, 3.05) is 0 Å². The third-order valence-corrected chi connectivity index (χ3v) is 1.38. The summed E-state index contributed by atoms with van der Waals surface area (Å²) in [5.74, 6) is -0.282. The molecule has 2 aromatic heterocycles. The van der Waals surface area contributed by atoms with Gasteiger partial charge in [0.1, 0.15) is 5.65 Å². The molecule has 50 valence electrons. The molecule has 0 radical (unpaired) electrons. The third-order valence-electron chi connectivity index (χ3n) is 1.38. The van der Waals surface area contributed by atoms with Gasteiger partial charge in [-0.15, -0.1) is 0 Å². The van der Waals surface area contributed by atoms with E-state index < -0.39 is 0 Å². The van der Waals surface area contributed by atoms with E-state index in [-0.39, 0.29) is 5.95 Å². The molecule has 0 saturated heterocycles. The molecule has 0 fully saturated rings. The minimum atomic E-state index is -0.282. The standard InChI is InChI=1S/C7H5FN2/c8-6-2-1-3-7-9-4-5-10(6)7/h1-5H. The molecule has 2 rings (SSSR count). The molecular weight excluding hydrogens is 131 g/mol. The molecule has 2 heterocycles. The maximum Gasteiger partial charge on any atom is 0.199 e. The average Bonchev–Trinajstić information content (AvgIpc) is 2.36. The van der Waals surface area contributed by atoms with E-state index in [1.165, 1.54) is 10.5 Å². The predicted molar refractivity (Wildman–Crippen MR) is 35.2 cm³/mol. The Hall–Kier alpha value is -1.38. The van der Waals surface area contributed by atoms with Gasteiger partial charge in [-0.3, -0.25) is 4.40 Å². The zero-order valence-corrected chi connectivity index (χ0v) is 5.16. The minimum Gasteiger partial charge on any atom is -0.276 e. The van der Waals surface area contributed by atoms with Crippen LogP contribution in [0.25, 0.3) is 5.65 Å². The first kappa shape index (κ1) is 5.41. The number of imidazole rings is 1. The van der Waals surface area contributed by atoms with E-state index in [0.29, 0.717) is 5.65 Å². The lowest BCUT2D eigenvalue weighted by Crippen LogP contribution is -1.88. The minimum absolute atomic E-state index is 0.282. The first-order valence-electron chi connectivity index (χ1n) is 2.95. The summed E-state index contributed by atoms with van der Waals surface area (Å²) in [5.41, 5.74) is 0.639. The Kier molecular flexibility index (Phi) is 0.974. The second-order valence-electron chi connectivity index (χ2n) is 2.00. The van der Waals surface area contributed by atoms with Crippen molar-refractivity contribution in [3.63, 3.8) is 0 Å². The van der Waals surface area contributed by atoms with Crippen molar-refractivity contribution in [3.8, 4) is 0 Å². The molecule has 0 unspecified atom stereocenters. The molecule has 0 aromatic carbocycles. The fourth-order valence-corrected chi connectivity index (χ4v) is 0.913. The zero-order valence-electron chi connectivity index (χ0n) is 5.16. The molecule has 0 amide bonds. The van der Waals surface area contributed by atoms with E-state index in [1.54, 1.807) is 24.5 Å². The van der Waals surface area contributed by atoms with Gasteiger partial charge in [0.15, 0.2) is 5.95 Å². The van der Waals surface area contributed by atoms with Crippen molar-refractivity contribution >= 4 is 5.65 Å². The Morgan fingerprint density at radius 2 is 2.30 bits per heavy atom. The van der Waals surface area contributed by atoms with Crippen LogP contribution in [0.3, 0.4) is 0 Å². The summed E-state index contributed by atoms with van der Waals surface area (Å²) in [6.07, 6.45) is 3.16. The van der Waals surface area contributed by atoms with Crippen LogP contribution in [0.15, 0.2) is 30.6 Å². The van der Waals surface area contributed by atoms with Gasteiger partial charge in [-0.05, 0) is 12.1 Å². The monoisotopic (exact) mass is 136 g/mol. The third kappa shape index (κ3) is 0.603. The first-order valence-corrected chi connectivity index (χ1v) is 2.95. The lowest BCUT2D eigenvalue weighted by atomic mass is 10.5. The van der Waals surface area contributed by atoms with Crippen LogP contribution in [0.4, 0.5) is 4.39 Å². The molecule has 2 nitrogen and oxygen atoms in total. The van der Waals surface area contributed by atoms with Gasteiger partial charge in [0.2, 0.25) is 0 Å². The van der Waals surface area contributed by atoms with Crippen LogP contribution in [0, 0.1) is 5.95 Å². The Labute approximate surface area is 56.9 Å². The fraction of sp³-hybridized carbons (Fsp3) is 0. The molecule has 0 bridgehead atoms. The van der Waals surface area contributed by atoms with Gasteiger partial charge in [0.25, 0.3) is 0 Å². The maximum atomic E-state index is 12.7. The molecule has 0 N–H and O–H groups in total. The normalized spacial score (nSPS) is 10.5. The van der Waals surface area contributed by atoms with Crippen molar-refractivity contribution in [3.05, 3.63) is 36.5 Å². The van der Waals surface area contributed by atoms with Crippen molar-refractivity contribution in [1.29, 1.82) is 0 Å². The summed E-state index contributed by atoms with van der Waals surface area (Å²) in [6.45, 7) is 0. The van der Waals surface area contributed by atoms with Crippen LogP contribution in [0.1, 0.15) is 0 Å². The van der Waals surface area contributed by atoms with Crippen molar-refractivity contribution in [1.82, 2.24) is 9.38 Å². The Morgan fingerprint density at radius 1 is 1.40 bits per heavy atom. The Bertz CT molecular complexity index is 353. The van der Waals surface area contributed by atoms with Crippen molar-refractivity contribution in [2.45, 2.75) is 0 Å². The van der Waals surface area contributed by atoms with Crippen molar-refractivity contribution in [2.24, 2.45) is 0 Å². The second kappa shape index (κ2) is 1.80. The van der Waals surface area contributed by atoms with Gasteiger partial charge < -0.3 is 0 Å². The molecule has 0 spiro atoms. The Balaban J connectivity index is 2.95. The number of hydrogen-bond acceptors (Lipinski definition) is 1. The maximum absolute atomic E-state index is 12.7. The zero-order chi connectivity index (χ0) is 6.97. The summed E-state index contributed by atoms with van der Waals surface area (Å²) in [4.78, 5) is 3.90. The molecule has 3 heteroatoms. The molecule has 0 atom stereocenters. The second-order valence-corrected chi connectivity index (χ2v) is 2.00. The molecule has 0 aliphatic rings. The largest absolute Gasteiger partial charge is 0.276 e. The van der Waals surface area contributed by atoms with Gasteiger partial charge in [-0.25, -0.2) is 4.98 Å². The van der Waals surface area contributed by atoms with Crippen LogP contribution in [-0.4, -0.2) is 9.38 Å². The number of hydrogen-bond donors (Lipinski definition) is 0. The van der Waals surface area contributed by atoms with Gasteiger partial charge in [0.05, 0.1) is 0 Å². The summed E-state index contributed by atoms with van der Waals surface area (Å²) < 4.78 is 14.1. The van der Waals surface area contributed by atoms with Crippen LogP contribution >= 0.6 is 0 Å². The smallest absolute Gasteiger partial charge is 0.199 e. The molecule has 0 aliphatic heterocycles. The van der Waals surface area contributed by atoms with Crippen LogP contribution in [-0.2, 0) is 0 Å². The van der Waals surface area contributed by atoms with Gasteiger partial charge in [-0.1, -0.05) is 6.07 Å². The average molecular weight is 136 g/mol. The SMILES string of the molecule is Fc1cccc2nccn12. The van der Waals surface area contributed by atoms with Crippen molar-refractivity contribution < 1.29 is 4.39 Å². The number of pyridine rings is 1. The summed E-state index contributed by atoms with van der Waals surface area (Å²) in [7, 11) is 0. The quantitative estimate of drug-likeness (QED) is 0.501. The van der Waals surface area contributed by atoms with Crippen LogP contribution < -0.4 is 0 Å². The van der Waals surface area contributed by atoms with Gasteiger partial charge in [0, 0.05) is 12.4 Å². The number of aromatic nitrogens is 2. The first-order chi connectivity index (χ1) is 4.88. The number of fused-ring (bicyclic) bond motifs is 1. The molecule has 0 saturated carbocycles. The summed E-state index contributed by atoms with van der Waals surface area (Å²) in [6, 6.07) is 4.79. The van der Waals surface area contributed by atoms with E-state index in [0.717, 1.165) is 0 Å². The van der Waals surface area contributed by atoms with E-state index in [9.17, 15) is 4.39 Å². The highest BCUT2D eigenvalue weighted by Crippen LogP contribution is 2.02. The topological polar surface area (TPSA) is 17.3 Å². The van der Waals surface area contributed by atoms with Gasteiger partial charge >= 0.3 is 0 Å². The number of halogens is 1. The Morgan fingerprint density at radius 3 is 3.10 bits per heavy atom. The van der Waals surface area contributed by atoms with E-state index in [2.05, 4.69) is 4.98 Å². The lowest BCUT2D eigenvalue weighted by molar-refractivity contribution is 0.568. The van der Waals surface area contributed by atoms with E-state index in [4.69, 9.17) is 0 Å². The predicted octanol–water partition coefficient (Wildman–Crippen LogP) is 1.47. The summed E-state index contributed by atoms with van der Waals surface area (Å²) in [5, 5.41) is 0. The highest BCUT2D eigenvalue weighted by Gasteiger charge is 1.95. The molecule has 2 aromatic rings. The number of nitrogens with zero attached hydrogens (tertiary/aromatic N) is 2. The fourth-order valence-electron chi connectivity index (χ4n) is 0.913. The number of rotatable bonds is 0. The van der Waals surface area contributed by atoms with Crippen LogP contribution in [0.2, 0.25) is 0 Å². The highest BCUT2D eigenvalue weighted by atomic mass is 19.1. The van der Waals surface area contributed by atoms with E-state index in [1.807, 2.05) is 0 Å². The molecular formula is C7H5FN2.